The second-order valence-corrected chi connectivity index (χ2v) is 0.692. The van der Waals surface area contributed by atoms with E-state index in [0.29, 0.717) is 0 Å². The van der Waals surface area contributed by atoms with Crippen molar-refractivity contribution in [3.05, 3.63) is 0 Å². The van der Waals surface area contributed by atoms with Crippen LogP contribution in [0, 0.1) is 0 Å². The van der Waals surface area contributed by atoms with Crippen LogP contribution in [0.25, 0.3) is 0 Å². The second-order valence-electron chi connectivity index (χ2n) is 0.231. The van der Waals surface area contributed by atoms with E-state index >= 15 is 0 Å². The molecule has 0 amide bonds. The molecule has 0 saturated carbocycles. The fraction of sp³-hybridized carbons (Fsp3) is 0. The summed E-state index contributed by atoms with van der Waals surface area (Å²) < 4.78 is 22.8. The Morgan fingerprint density at radius 1 is 1.33 bits per heavy atom. The van der Waals surface area contributed by atoms with E-state index in [-0.39, 0.29) is 51.9 Å². The molecule has 0 unspecified atom stereocenters. The summed E-state index contributed by atoms with van der Waals surface area (Å²) >= 11 is -2.61. The molecule has 0 aliphatic rings. The minimum Gasteiger partial charge on any atom is -0.284 e. The first kappa shape index (κ1) is 15.7. The normalized spacial score (nSPS) is 5.83. The van der Waals surface area contributed by atoms with E-state index in [1.807, 2.05) is 0 Å². The molecular formula is H2AuNaO3S+2. The van der Waals surface area contributed by atoms with E-state index in [1.165, 1.54) is 0 Å². The molecule has 0 aliphatic carbocycles. The molecular weight excluding hydrogens is 300 g/mol. The molecule has 36 valence electrons. The van der Waals surface area contributed by atoms with Crippen molar-refractivity contribution in [2.24, 2.45) is 0 Å². The zero-order chi connectivity index (χ0) is 3.58. The summed E-state index contributed by atoms with van der Waals surface area (Å²) in [6.07, 6.45) is 0. The van der Waals surface area contributed by atoms with Crippen molar-refractivity contribution in [2.45, 2.75) is 0 Å². The van der Waals surface area contributed by atoms with Crippen molar-refractivity contribution in [2.75, 3.05) is 0 Å². The maximum atomic E-state index is 8.67. The molecule has 0 radical (unpaired) electrons. The molecule has 0 aromatic rings. The second kappa shape index (κ2) is 9.94. The summed E-state index contributed by atoms with van der Waals surface area (Å²) in [7, 11) is 0. The van der Waals surface area contributed by atoms with Crippen molar-refractivity contribution in [1.82, 2.24) is 0 Å². The maximum absolute atomic E-state index is 8.67. The first-order chi connectivity index (χ1) is 1.73. The van der Waals surface area contributed by atoms with Crippen LogP contribution in [0.15, 0.2) is 0 Å². The fourth-order valence-corrected chi connectivity index (χ4v) is 0. The standard InChI is InChI=1S/Au.Na.H2O3S/c;;1-4(2)3/h;;(H2,1,2,3)/q2*+1;. The summed E-state index contributed by atoms with van der Waals surface area (Å²) in [5, 5.41) is 0. The minimum atomic E-state index is -2.61. The van der Waals surface area contributed by atoms with Gasteiger partial charge in [-0.3, -0.25) is 9.11 Å². The summed E-state index contributed by atoms with van der Waals surface area (Å²) in [5.74, 6) is 0. The molecule has 2 N–H and O–H groups in total. The van der Waals surface area contributed by atoms with Crippen LogP contribution in [0.2, 0.25) is 0 Å². The zero-order valence-electron chi connectivity index (χ0n) is 3.01. The van der Waals surface area contributed by atoms with E-state index in [0.717, 1.165) is 0 Å². The van der Waals surface area contributed by atoms with Gasteiger partial charge in [-0.05, 0) is 0 Å². The Morgan fingerprint density at radius 2 is 1.33 bits per heavy atom. The van der Waals surface area contributed by atoms with Crippen molar-refractivity contribution < 1.29 is 65.3 Å². The fourth-order valence-electron chi connectivity index (χ4n) is 0. The minimum absolute atomic E-state index is 0. The van der Waals surface area contributed by atoms with Gasteiger partial charge in [0.1, 0.15) is 0 Å². The Balaban J connectivity index is -0.0000000450. The third kappa shape index (κ3) is 41.0. The molecule has 0 aromatic heterocycles. The summed E-state index contributed by atoms with van der Waals surface area (Å²) in [6.45, 7) is 0. The molecule has 0 bridgehead atoms. The maximum Gasteiger partial charge on any atom is 1.00 e. The summed E-state index contributed by atoms with van der Waals surface area (Å²) in [4.78, 5) is 0. The van der Waals surface area contributed by atoms with E-state index in [1.54, 1.807) is 0 Å². The molecule has 0 fully saturated rings. The van der Waals surface area contributed by atoms with Gasteiger partial charge >= 0.3 is 51.9 Å². The predicted octanol–water partition coefficient (Wildman–Crippen LogP) is -3.32. The van der Waals surface area contributed by atoms with E-state index in [4.69, 9.17) is 13.3 Å². The first-order valence-corrected chi connectivity index (χ1v) is 1.60. The Hall–Kier alpha value is 1.81. The van der Waals surface area contributed by atoms with E-state index in [2.05, 4.69) is 0 Å². The molecule has 3 nitrogen and oxygen atoms in total. The average molecular weight is 302 g/mol. The molecule has 0 spiro atoms. The van der Waals surface area contributed by atoms with Crippen molar-refractivity contribution in [3.63, 3.8) is 0 Å². The Bertz CT molecular complexity index is 33.8. The summed E-state index contributed by atoms with van der Waals surface area (Å²) in [6, 6.07) is 0. The third-order valence-corrected chi connectivity index (χ3v) is 0. The van der Waals surface area contributed by atoms with Crippen LogP contribution in [-0.2, 0) is 33.7 Å². The van der Waals surface area contributed by atoms with Crippen LogP contribution in [-0.4, -0.2) is 13.3 Å². The van der Waals surface area contributed by atoms with Gasteiger partial charge in [0.2, 0.25) is 0 Å². The Labute approximate surface area is 75.8 Å². The van der Waals surface area contributed by atoms with E-state index in [9.17, 15) is 0 Å². The van der Waals surface area contributed by atoms with Crippen molar-refractivity contribution in [3.8, 4) is 0 Å². The molecule has 0 rings (SSSR count). The van der Waals surface area contributed by atoms with Gasteiger partial charge in [0, 0.05) is 0 Å². The van der Waals surface area contributed by atoms with Gasteiger partial charge in [-0.2, -0.15) is 4.21 Å². The van der Waals surface area contributed by atoms with Crippen LogP contribution >= 0.6 is 0 Å². The van der Waals surface area contributed by atoms with E-state index < -0.39 is 11.4 Å². The van der Waals surface area contributed by atoms with Crippen molar-refractivity contribution >= 4 is 11.4 Å². The van der Waals surface area contributed by atoms with Gasteiger partial charge in [-0.1, -0.05) is 0 Å². The average Bonchev–Trinajstić information content (AvgIpc) is 0.811. The Kier molecular flexibility index (Phi) is 25.9. The summed E-state index contributed by atoms with van der Waals surface area (Å²) in [5.41, 5.74) is 0. The largest absolute Gasteiger partial charge is 1.00 e. The molecule has 6 heavy (non-hydrogen) atoms. The van der Waals surface area contributed by atoms with Crippen LogP contribution in [0.5, 0.6) is 0 Å². The molecule has 0 aliphatic heterocycles. The first-order valence-electron chi connectivity index (χ1n) is 0.532. The Morgan fingerprint density at radius 3 is 1.33 bits per heavy atom. The van der Waals surface area contributed by atoms with Gasteiger partial charge in [0.15, 0.2) is 0 Å². The van der Waals surface area contributed by atoms with Gasteiger partial charge in [-0.25, -0.2) is 0 Å². The quantitative estimate of drug-likeness (QED) is 0.364. The third-order valence-electron chi connectivity index (χ3n) is 0. The smallest absolute Gasteiger partial charge is 0.284 e. The monoisotopic (exact) mass is 302 g/mol. The van der Waals surface area contributed by atoms with Crippen LogP contribution < -0.4 is 29.6 Å². The molecule has 0 heterocycles. The topological polar surface area (TPSA) is 57.5 Å². The van der Waals surface area contributed by atoms with Crippen molar-refractivity contribution in [1.29, 1.82) is 0 Å². The van der Waals surface area contributed by atoms with Gasteiger partial charge in [-0.15, -0.1) is 0 Å². The SMILES string of the molecule is O=S(O)O.[Au+].[Na+]. The number of hydrogen-bond donors (Lipinski definition) is 2. The van der Waals surface area contributed by atoms with Gasteiger partial charge < -0.3 is 0 Å². The molecule has 6 heteroatoms. The van der Waals surface area contributed by atoms with Crippen LogP contribution in [0.1, 0.15) is 0 Å². The van der Waals surface area contributed by atoms with Gasteiger partial charge in [0.05, 0.1) is 0 Å². The zero-order valence-corrected chi connectivity index (χ0v) is 8.00. The predicted molar refractivity (Wildman–Crippen MR) is 13.4 cm³/mol. The molecule has 0 saturated heterocycles. The number of rotatable bonds is 0. The molecule has 0 aromatic carbocycles. The van der Waals surface area contributed by atoms with Crippen LogP contribution in [0.3, 0.4) is 0 Å². The van der Waals surface area contributed by atoms with Gasteiger partial charge in [0.25, 0.3) is 11.4 Å². The molecule has 0 atom stereocenters. The van der Waals surface area contributed by atoms with Crippen LogP contribution in [0.4, 0.5) is 0 Å². The number of hydrogen-bond acceptors (Lipinski definition) is 1.